The second kappa shape index (κ2) is 5.73. The summed E-state index contributed by atoms with van der Waals surface area (Å²) in [5.74, 6) is 0.737. The van der Waals surface area contributed by atoms with Crippen LogP contribution in [0, 0.1) is 0 Å². The molecule has 1 amide bonds. The first-order valence-corrected chi connectivity index (χ1v) is 6.09. The van der Waals surface area contributed by atoms with E-state index in [1.54, 1.807) is 29.2 Å². The van der Waals surface area contributed by atoms with E-state index < -0.39 is 0 Å². The van der Waals surface area contributed by atoms with Crippen LogP contribution in [-0.4, -0.2) is 41.7 Å². The molecule has 1 aliphatic heterocycles. The number of aliphatic hydroxyl groups is 1. The Morgan fingerprint density at radius 1 is 1.44 bits per heavy atom. The fourth-order valence-corrected chi connectivity index (χ4v) is 1.95. The molecule has 1 saturated heterocycles. The van der Waals surface area contributed by atoms with Crippen LogP contribution >= 0.6 is 0 Å². The van der Waals surface area contributed by atoms with Crippen LogP contribution in [-0.2, 0) is 4.79 Å². The quantitative estimate of drug-likeness (QED) is 0.769. The van der Waals surface area contributed by atoms with Gasteiger partial charge in [-0.25, -0.2) is 0 Å². The maximum Gasteiger partial charge on any atom is 0.226 e. The number of ether oxygens (including phenoxy) is 1. The molecular weight excluding hydrogens is 232 g/mol. The van der Waals surface area contributed by atoms with Gasteiger partial charge >= 0.3 is 0 Å². The highest BCUT2D eigenvalue weighted by atomic mass is 16.5. The van der Waals surface area contributed by atoms with Gasteiger partial charge in [0, 0.05) is 18.8 Å². The van der Waals surface area contributed by atoms with Crippen molar-refractivity contribution in [2.45, 2.75) is 18.9 Å². The van der Waals surface area contributed by atoms with Crippen LogP contribution in [0.2, 0.25) is 0 Å². The van der Waals surface area contributed by atoms with Crippen LogP contribution in [0.1, 0.15) is 12.8 Å². The normalized spacial score (nSPS) is 18.9. The van der Waals surface area contributed by atoms with Gasteiger partial charge in [-0.3, -0.25) is 4.79 Å². The number of anilines is 1. The number of likely N-dealkylation sites (tertiary alicyclic amines) is 1. The Hall–Kier alpha value is -1.75. The number of amides is 1. The minimum Gasteiger partial charge on any atom is -0.493 e. The molecule has 0 spiro atoms. The zero-order chi connectivity index (χ0) is 13.0. The number of nitrogens with two attached hydrogens (primary N) is 1. The molecule has 3 N–H and O–H groups in total. The lowest BCUT2D eigenvalue weighted by molar-refractivity contribution is -0.131. The van der Waals surface area contributed by atoms with E-state index in [0.717, 1.165) is 0 Å². The van der Waals surface area contributed by atoms with Crippen molar-refractivity contribution in [1.29, 1.82) is 0 Å². The number of carbonyl (C=O) groups excluding carboxylic acids is 1. The second-order valence-corrected chi connectivity index (χ2v) is 4.45. The summed E-state index contributed by atoms with van der Waals surface area (Å²) in [6.45, 7) is 1.43. The number of benzene rings is 1. The maximum absolute atomic E-state index is 11.8. The molecule has 5 heteroatoms. The fourth-order valence-electron chi connectivity index (χ4n) is 1.95. The molecule has 1 atom stereocenters. The molecule has 98 valence electrons. The lowest BCUT2D eigenvalue weighted by Crippen LogP contribution is -2.30. The van der Waals surface area contributed by atoms with Gasteiger partial charge in [0.2, 0.25) is 5.91 Å². The van der Waals surface area contributed by atoms with E-state index in [4.69, 9.17) is 10.5 Å². The third kappa shape index (κ3) is 3.37. The van der Waals surface area contributed by atoms with Gasteiger partial charge in [-0.05, 0) is 30.7 Å². The minimum atomic E-state index is -0.369. The number of aliphatic hydroxyl groups excluding tert-OH is 1. The summed E-state index contributed by atoms with van der Waals surface area (Å²) in [6, 6.07) is 7.07. The average molecular weight is 250 g/mol. The molecule has 18 heavy (non-hydrogen) atoms. The van der Waals surface area contributed by atoms with E-state index >= 15 is 0 Å². The molecular formula is C13H18N2O3. The molecule has 0 bridgehead atoms. The molecule has 2 rings (SSSR count). The second-order valence-electron chi connectivity index (χ2n) is 4.45. The topological polar surface area (TPSA) is 75.8 Å². The largest absolute Gasteiger partial charge is 0.493 e. The van der Waals surface area contributed by atoms with Crippen molar-refractivity contribution in [3.8, 4) is 5.75 Å². The van der Waals surface area contributed by atoms with Crippen molar-refractivity contribution in [2.24, 2.45) is 0 Å². The number of rotatable bonds is 4. The molecule has 1 unspecified atom stereocenters. The highest BCUT2D eigenvalue weighted by Crippen LogP contribution is 2.14. The van der Waals surface area contributed by atoms with Gasteiger partial charge in [-0.1, -0.05) is 0 Å². The lowest BCUT2D eigenvalue weighted by Gasteiger charge is -2.15. The summed E-state index contributed by atoms with van der Waals surface area (Å²) in [5.41, 5.74) is 6.24. The van der Waals surface area contributed by atoms with E-state index in [-0.39, 0.29) is 12.0 Å². The predicted molar refractivity (Wildman–Crippen MR) is 68.2 cm³/mol. The number of carbonyl (C=O) groups is 1. The van der Waals surface area contributed by atoms with E-state index in [1.807, 2.05) is 0 Å². The average Bonchev–Trinajstić information content (AvgIpc) is 2.78. The van der Waals surface area contributed by atoms with Crippen LogP contribution in [0.3, 0.4) is 0 Å². The number of nitrogens with zero attached hydrogens (tertiary/aromatic N) is 1. The first-order valence-electron chi connectivity index (χ1n) is 6.09. The SMILES string of the molecule is Nc1ccc(OCCC(=O)N2CCC(O)C2)cc1. The molecule has 0 aliphatic carbocycles. The van der Waals surface area contributed by atoms with Gasteiger partial charge in [0.1, 0.15) is 5.75 Å². The molecule has 1 fully saturated rings. The van der Waals surface area contributed by atoms with Gasteiger partial charge in [0.05, 0.1) is 19.1 Å². The van der Waals surface area contributed by atoms with Gasteiger partial charge < -0.3 is 20.5 Å². The standard InChI is InChI=1S/C13H18N2O3/c14-10-1-3-12(4-2-10)18-8-6-13(17)15-7-5-11(16)9-15/h1-4,11,16H,5-9,14H2. The summed E-state index contributed by atoms with van der Waals surface area (Å²) >= 11 is 0. The van der Waals surface area contributed by atoms with Crippen molar-refractivity contribution in [3.63, 3.8) is 0 Å². The van der Waals surface area contributed by atoms with Crippen molar-refractivity contribution >= 4 is 11.6 Å². The third-order valence-corrected chi connectivity index (χ3v) is 2.98. The Bertz CT molecular complexity index is 405. The van der Waals surface area contributed by atoms with Crippen molar-refractivity contribution in [3.05, 3.63) is 24.3 Å². The number of β-amino-alcohol motifs (C(OH)–C–C–N with tert-alkyl or cyclic N) is 1. The Kier molecular flexibility index (Phi) is 4.04. The maximum atomic E-state index is 11.8. The Morgan fingerprint density at radius 3 is 2.78 bits per heavy atom. The van der Waals surface area contributed by atoms with E-state index in [9.17, 15) is 9.90 Å². The molecule has 0 radical (unpaired) electrons. The molecule has 1 aromatic carbocycles. The number of hydrogen-bond donors (Lipinski definition) is 2. The zero-order valence-corrected chi connectivity index (χ0v) is 10.2. The summed E-state index contributed by atoms with van der Waals surface area (Å²) < 4.78 is 5.45. The molecule has 1 aromatic rings. The Labute approximate surface area is 106 Å². The van der Waals surface area contributed by atoms with Gasteiger partial charge in [0.25, 0.3) is 0 Å². The Morgan fingerprint density at radius 2 is 2.17 bits per heavy atom. The predicted octanol–water partition coefficient (Wildman–Crippen LogP) is 0.631. The van der Waals surface area contributed by atoms with Crippen molar-refractivity contribution in [2.75, 3.05) is 25.4 Å². The summed E-state index contributed by atoms with van der Waals surface area (Å²) in [4.78, 5) is 13.4. The highest BCUT2D eigenvalue weighted by Gasteiger charge is 2.23. The Balaban J connectivity index is 1.72. The first-order chi connectivity index (χ1) is 8.65. The lowest BCUT2D eigenvalue weighted by atomic mass is 10.3. The smallest absolute Gasteiger partial charge is 0.226 e. The van der Waals surface area contributed by atoms with E-state index in [2.05, 4.69) is 0 Å². The summed E-state index contributed by atoms with van der Waals surface area (Å²) in [7, 11) is 0. The summed E-state index contributed by atoms with van der Waals surface area (Å²) in [5, 5.41) is 9.34. The van der Waals surface area contributed by atoms with Crippen molar-refractivity contribution in [1.82, 2.24) is 4.90 Å². The van der Waals surface area contributed by atoms with Gasteiger partial charge in [0.15, 0.2) is 0 Å². The van der Waals surface area contributed by atoms with Crippen LogP contribution < -0.4 is 10.5 Å². The van der Waals surface area contributed by atoms with E-state index in [1.165, 1.54) is 0 Å². The molecule has 0 saturated carbocycles. The summed E-state index contributed by atoms with van der Waals surface area (Å²) in [6.07, 6.45) is 0.633. The van der Waals surface area contributed by atoms with Crippen LogP contribution in [0.5, 0.6) is 5.75 Å². The zero-order valence-electron chi connectivity index (χ0n) is 10.2. The number of nitrogen functional groups attached to an aromatic ring is 1. The van der Waals surface area contributed by atoms with Gasteiger partial charge in [-0.2, -0.15) is 0 Å². The number of hydrogen-bond acceptors (Lipinski definition) is 4. The molecule has 1 aliphatic rings. The van der Waals surface area contributed by atoms with Crippen LogP contribution in [0.25, 0.3) is 0 Å². The van der Waals surface area contributed by atoms with Crippen molar-refractivity contribution < 1.29 is 14.6 Å². The fraction of sp³-hybridized carbons (Fsp3) is 0.462. The highest BCUT2D eigenvalue weighted by molar-refractivity contribution is 5.76. The monoisotopic (exact) mass is 250 g/mol. The minimum absolute atomic E-state index is 0.0296. The van der Waals surface area contributed by atoms with Crippen LogP contribution in [0.4, 0.5) is 5.69 Å². The third-order valence-electron chi connectivity index (χ3n) is 2.98. The molecule has 5 nitrogen and oxygen atoms in total. The van der Waals surface area contributed by atoms with E-state index in [0.29, 0.717) is 44.0 Å². The van der Waals surface area contributed by atoms with Crippen LogP contribution in [0.15, 0.2) is 24.3 Å². The molecule has 0 aromatic heterocycles. The first kappa shape index (κ1) is 12.7. The molecule has 1 heterocycles. The van der Waals surface area contributed by atoms with Gasteiger partial charge in [-0.15, -0.1) is 0 Å².